The predicted molar refractivity (Wildman–Crippen MR) is 44.4 cm³/mol. The van der Waals surface area contributed by atoms with Gasteiger partial charge in [-0.3, -0.25) is 9.59 Å². The summed E-state index contributed by atoms with van der Waals surface area (Å²) in [5, 5.41) is 0.533. The van der Waals surface area contributed by atoms with Crippen LogP contribution in [0, 0.1) is 0 Å². The van der Waals surface area contributed by atoms with E-state index in [2.05, 4.69) is 20.7 Å². The minimum atomic E-state index is -0.458. The molecule has 0 heterocycles. The molecular formula is C7H11BrO3. The normalized spacial score (nSPS) is 9.27. The van der Waals surface area contributed by atoms with Crippen molar-refractivity contribution in [2.75, 3.05) is 5.33 Å². The van der Waals surface area contributed by atoms with Crippen molar-refractivity contribution in [3.8, 4) is 0 Å². The summed E-state index contributed by atoms with van der Waals surface area (Å²) in [6, 6.07) is 0. The molecule has 0 amide bonds. The number of carbonyl (C=O) groups is 2. The topological polar surface area (TPSA) is 43.4 Å². The molecule has 0 fully saturated rings. The molecule has 0 aliphatic rings. The number of alkyl halides is 1. The fraction of sp³-hybridized carbons (Fsp3) is 0.714. The third kappa shape index (κ3) is 6.04. The first kappa shape index (κ1) is 10.6. The Morgan fingerprint density at radius 1 is 1.27 bits per heavy atom. The molecule has 3 nitrogen and oxygen atoms in total. The van der Waals surface area contributed by atoms with Gasteiger partial charge in [-0.05, 0) is 6.42 Å². The number of halogens is 1. The van der Waals surface area contributed by atoms with E-state index in [9.17, 15) is 9.59 Å². The van der Waals surface area contributed by atoms with E-state index in [-0.39, 0.29) is 6.42 Å². The van der Waals surface area contributed by atoms with Crippen LogP contribution in [-0.2, 0) is 14.3 Å². The molecule has 0 aromatic rings. The third-order valence-corrected chi connectivity index (χ3v) is 1.38. The number of esters is 2. The zero-order valence-electron chi connectivity index (χ0n) is 6.43. The van der Waals surface area contributed by atoms with Crippen molar-refractivity contribution in [1.29, 1.82) is 0 Å². The molecule has 11 heavy (non-hydrogen) atoms. The third-order valence-electron chi connectivity index (χ3n) is 0.980. The number of ether oxygens (including phenoxy) is 1. The Labute approximate surface area is 74.2 Å². The van der Waals surface area contributed by atoms with Crippen molar-refractivity contribution in [1.82, 2.24) is 0 Å². The highest BCUT2D eigenvalue weighted by Crippen LogP contribution is 1.96. The van der Waals surface area contributed by atoms with Crippen LogP contribution in [0.1, 0.15) is 26.2 Å². The molecule has 0 aliphatic carbocycles. The molecule has 0 saturated carbocycles. The first-order chi connectivity index (χ1) is 5.20. The molecule has 0 aromatic heterocycles. The Morgan fingerprint density at radius 3 is 2.27 bits per heavy atom. The van der Waals surface area contributed by atoms with Gasteiger partial charge in [0.1, 0.15) is 0 Å². The fourth-order valence-electron chi connectivity index (χ4n) is 0.510. The summed E-state index contributed by atoms with van der Waals surface area (Å²) in [5.41, 5.74) is 0. The zero-order valence-corrected chi connectivity index (χ0v) is 8.02. The summed E-state index contributed by atoms with van der Waals surface area (Å²) in [7, 11) is 0. The van der Waals surface area contributed by atoms with Gasteiger partial charge in [-0.25, -0.2) is 0 Å². The highest BCUT2D eigenvalue weighted by atomic mass is 79.9. The van der Waals surface area contributed by atoms with Gasteiger partial charge >= 0.3 is 11.9 Å². The van der Waals surface area contributed by atoms with Gasteiger partial charge in [0, 0.05) is 11.8 Å². The summed E-state index contributed by atoms with van der Waals surface area (Å²) >= 11 is 3.07. The molecule has 0 unspecified atom stereocenters. The Hall–Kier alpha value is -0.380. The standard InChI is InChI=1S/C7H11BrO3/c1-2-3-6(9)11-7(10)4-5-8/h2-5H2,1H3. The van der Waals surface area contributed by atoms with E-state index >= 15 is 0 Å². The molecule has 0 aromatic carbocycles. The minimum absolute atomic E-state index is 0.245. The SMILES string of the molecule is CCCC(=O)OC(=O)CCBr. The number of hydrogen-bond donors (Lipinski definition) is 0. The Bertz CT molecular complexity index is 129. The first-order valence-corrected chi connectivity index (χ1v) is 4.62. The second kappa shape index (κ2) is 6.34. The highest BCUT2D eigenvalue weighted by Gasteiger charge is 2.07. The monoisotopic (exact) mass is 222 g/mol. The lowest BCUT2D eigenvalue weighted by Gasteiger charge is -1.98. The van der Waals surface area contributed by atoms with Crippen molar-refractivity contribution >= 4 is 27.9 Å². The minimum Gasteiger partial charge on any atom is -0.393 e. The summed E-state index contributed by atoms with van der Waals surface area (Å²) in [6.07, 6.45) is 1.27. The van der Waals surface area contributed by atoms with Crippen molar-refractivity contribution in [2.45, 2.75) is 26.2 Å². The first-order valence-electron chi connectivity index (χ1n) is 3.50. The summed E-state index contributed by atoms with van der Waals surface area (Å²) in [4.78, 5) is 21.3. The van der Waals surface area contributed by atoms with Crippen LogP contribution in [0.15, 0.2) is 0 Å². The number of hydrogen-bond acceptors (Lipinski definition) is 3. The van der Waals surface area contributed by atoms with Crippen LogP contribution in [0.25, 0.3) is 0 Å². The summed E-state index contributed by atoms with van der Waals surface area (Å²) in [6.45, 7) is 1.86. The number of rotatable bonds is 4. The molecule has 0 bridgehead atoms. The van der Waals surface area contributed by atoms with E-state index in [4.69, 9.17) is 0 Å². The molecule has 0 saturated heterocycles. The largest absolute Gasteiger partial charge is 0.393 e. The van der Waals surface area contributed by atoms with Gasteiger partial charge in [0.15, 0.2) is 0 Å². The van der Waals surface area contributed by atoms with Crippen molar-refractivity contribution in [3.05, 3.63) is 0 Å². The molecule has 0 spiro atoms. The van der Waals surface area contributed by atoms with Gasteiger partial charge in [0.25, 0.3) is 0 Å². The van der Waals surface area contributed by atoms with Crippen molar-refractivity contribution < 1.29 is 14.3 Å². The molecule has 0 radical (unpaired) electrons. The van der Waals surface area contributed by atoms with Gasteiger partial charge < -0.3 is 4.74 Å². The second-order valence-electron chi connectivity index (χ2n) is 2.04. The maximum absolute atomic E-state index is 10.7. The second-order valence-corrected chi connectivity index (χ2v) is 2.83. The van der Waals surface area contributed by atoms with Gasteiger partial charge in [-0.1, -0.05) is 22.9 Å². The van der Waals surface area contributed by atoms with Gasteiger partial charge in [-0.15, -0.1) is 0 Å². The quantitative estimate of drug-likeness (QED) is 0.413. The van der Waals surface area contributed by atoms with Crippen molar-refractivity contribution in [2.24, 2.45) is 0 Å². The van der Waals surface area contributed by atoms with Crippen LogP contribution in [0.2, 0.25) is 0 Å². The van der Waals surface area contributed by atoms with Gasteiger partial charge in [0.2, 0.25) is 0 Å². The molecule has 0 atom stereocenters. The molecule has 0 aliphatic heterocycles. The number of carbonyl (C=O) groups excluding carboxylic acids is 2. The zero-order chi connectivity index (χ0) is 8.69. The average Bonchev–Trinajstić information content (AvgIpc) is 1.87. The predicted octanol–water partition coefficient (Wildman–Crippen LogP) is 1.64. The fourth-order valence-corrected chi connectivity index (χ4v) is 0.834. The Morgan fingerprint density at radius 2 is 1.82 bits per heavy atom. The molecule has 0 N–H and O–H groups in total. The van der Waals surface area contributed by atoms with Crippen LogP contribution in [0.4, 0.5) is 0 Å². The van der Waals surface area contributed by atoms with E-state index in [0.29, 0.717) is 18.2 Å². The maximum atomic E-state index is 10.7. The Kier molecular flexibility index (Phi) is 6.12. The van der Waals surface area contributed by atoms with E-state index in [0.717, 1.165) is 0 Å². The molecule has 0 rings (SSSR count). The van der Waals surface area contributed by atoms with E-state index in [1.165, 1.54) is 0 Å². The van der Waals surface area contributed by atoms with Crippen molar-refractivity contribution in [3.63, 3.8) is 0 Å². The maximum Gasteiger partial charge on any atom is 0.314 e. The van der Waals surface area contributed by atoms with Crippen LogP contribution < -0.4 is 0 Å². The van der Waals surface area contributed by atoms with Crippen LogP contribution in [0.3, 0.4) is 0 Å². The van der Waals surface area contributed by atoms with E-state index in [1.54, 1.807) is 0 Å². The average molecular weight is 223 g/mol. The lowest BCUT2D eigenvalue weighted by molar-refractivity contribution is -0.159. The lowest BCUT2D eigenvalue weighted by atomic mass is 10.3. The molecular weight excluding hydrogens is 212 g/mol. The van der Waals surface area contributed by atoms with Crippen LogP contribution >= 0.6 is 15.9 Å². The van der Waals surface area contributed by atoms with E-state index < -0.39 is 11.9 Å². The molecule has 4 heteroatoms. The smallest absolute Gasteiger partial charge is 0.314 e. The summed E-state index contributed by atoms with van der Waals surface area (Å²) < 4.78 is 4.42. The highest BCUT2D eigenvalue weighted by molar-refractivity contribution is 9.09. The van der Waals surface area contributed by atoms with Crippen LogP contribution in [-0.4, -0.2) is 17.3 Å². The molecule has 64 valence electrons. The lowest BCUT2D eigenvalue weighted by Crippen LogP contribution is -2.11. The summed E-state index contributed by atoms with van der Waals surface area (Å²) in [5.74, 6) is -0.890. The van der Waals surface area contributed by atoms with Gasteiger partial charge in [0.05, 0.1) is 6.42 Å². The Balaban J connectivity index is 3.49. The van der Waals surface area contributed by atoms with Crippen LogP contribution in [0.5, 0.6) is 0 Å². The van der Waals surface area contributed by atoms with E-state index in [1.807, 2.05) is 6.92 Å². The van der Waals surface area contributed by atoms with Gasteiger partial charge in [-0.2, -0.15) is 0 Å².